The third-order valence-electron chi connectivity index (χ3n) is 4.03. The predicted octanol–water partition coefficient (Wildman–Crippen LogP) is 0.777. The molecular formula is C13H23N3O3. The number of carboxylic acid groups (broad SMARTS) is 1. The van der Waals surface area contributed by atoms with E-state index in [0.717, 1.165) is 19.5 Å². The van der Waals surface area contributed by atoms with Crippen molar-refractivity contribution in [1.82, 2.24) is 15.5 Å². The molecule has 2 saturated heterocycles. The van der Waals surface area contributed by atoms with Gasteiger partial charge in [0.2, 0.25) is 0 Å². The van der Waals surface area contributed by atoms with E-state index in [-0.39, 0.29) is 18.5 Å². The number of fused-ring (bicyclic) bond motifs is 1. The molecule has 0 aliphatic carbocycles. The van der Waals surface area contributed by atoms with E-state index in [4.69, 9.17) is 5.11 Å². The lowest BCUT2D eigenvalue weighted by Crippen LogP contribution is -2.49. The zero-order valence-electron chi connectivity index (χ0n) is 11.2. The minimum atomic E-state index is -0.823. The van der Waals surface area contributed by atoms with Crippen molar-refractivity contribution in [3.63, 3.8) is 0 Å². The molecule has 6 nitrogen and oxygen atoms in total. The first-order chi connectivity index (χ1) is 9.16. The second kappa shape index (κ2) is 6.75. The van der Waals surface area contributed by atoms with Crippen LogP contribution in [0.25, 0.3) is 0 Å². The third-order valence-corrected chi connectivity index (χ3v) is 4.03. The molecule has 0 radical (unpaired) electrons. The van der Waals surface area contributed by atoms with Crippen LogP contribution in [-0.4, -0.2) is 53.7 Å². The van der Waals surface area contributed by atoms with Gasteiger partial charge in [-0.1, -0.05) is 6.42 Å². The molecule has 2 fully saturated rings. The summed E-state index contributed by atoms with van der Waals surface area (Å²) in [6, 6.07) is 0.584. The maximum atomic E-state index is 11.7. The van der Waals surface area contributed by atoms with Crippen LogP contribution in [0.3, 0.4) is 0 Å². The number of carbonyl (C=O) groups excluding carboxylic acids is 1. The molecule has 2 unspecified atom stereocenters. The lowest BCUT2D eigenvalue weighted by atomic mass is 9.99. The standard InChI is InChI=1S/C13H23N3O3/c17-12(18)5-3-7-14-13(19)15-10-6-9-16-8-2-1-4-11(10)16/h10-11H,1-9H2,(H,17,18)(H2,14,15,19). The molecule has 0 bridgehead atoms. The summed E-state index contributed by atoms with van der Waals surface area (Å²) in [4.78, 5) is 24.5. The number of piperidine rings is 1. The minimum Gasteiger partial charge on any atom is -0.481 e. The second-order valence-electron chi connectivity index (χ2n) is 5.39. The molecule has 6 heteroatoms. The third kappa shape index (κ3) is 4.09. The van der Waals surface area contributed by atoms with Gasteiger partial charge in [0.05, 0.1) is 0 Å². The molecule has 19 heavy (non-hydrogen) atoms. The van der Waals surface area contributed by atoms with Crippen LogP contribution in [0.1, 0.15) is 38.5 Å². The molecule has 0 aromatic carbocycles. The Morgan fingerprint density at radius 3 is 2.84 bits per heavy atom. The molecule has 0 aromatic rings. The Labute approximate surface area is 113 Å². The minimum absolute atomic E-state index is 0.0973. The van der Waals surface area contributed by atoms with Crippen LogP contribution < -0.4 is 10.6 Å². The average Bonchev–Trinajstić information content (AvgIpc) is 2.78. The van der Waals surface area contributed by atoms with E-state index in [1.165, 1.54) is 19.3 Å². The molecule has 108 valence electrons. The van der Waals surface area contributed by atoms with E-state index in [1.807, 2.05) is 0 Å². The normalized spacial score (nSPS) is 26.7. The predicted molar refractivity (Wildman–Crippen MR) is 71.0 cm³/mol. The molecule has 2 aliphatic heterocycles. The smallest absolute Gasteiger partial charge is 0.315 e. The lowest BCUT2D eigenvalue weighted by molar-refractivity contribution is -0.137. The molecular weight excluding hydrogens is 246 g/mol. The quantitative estimate of drug-likeness (QED) is 0.644. The number of carbonyl (C=O) groups is 2. The van der Waals surface area contributed by atoms with Gasteiger partial charge in [-0.25, -0.2) is 4.79 Å². The van der Waals surface area contributed by atoms with Crippen molar-refractivity contribution in [2.24, 2.45) is 0 Å². The van der Waals surface area contributed by atoms with Crippen molar-refractivity contribution >= 4 is 12.0 Å². The Morgan fingerprint density at radius 2 is 2.05 bits per heavy atom. The fourth-order valence-corrected chi connectivity index (χ4v) is 3.08. The maximum Gasteiger partial charge on any atom is 0.315 e. The number of nitrogens with one attached hydrogen (secondary N) is 2. The number of rotatable bonds is 5. The molecule has 2 amide bonds. The number of amides is 2. The second-order valence-corrected chi connectivity index (χ2v) is 5.39. The summed E-state index contributed by atoms with van der Waals surface area (Å²) in [6.07, 6.45) is 5.28. The summed E-state index contributed by atoms with van der Waals surface area (Å²) in [5.74, 6) is -0.823. The summed E-state index contributed by atoms with van der Waals surface area (Å²) >= 11 is 0. The number of nitrogens with zero attached hydrogens (tertiary/aromatic N) is 1. The van der Waals surface area contributed by atoms with Gasteiger partial charge in [0.25, 0.3) is 0 Å². The SMILES string of the molecule is O=C(O)CCCNC(=O)NC1CCN2CCCCC12. The Bertz CT molecular complexity index is 335. The van der Waals surface area contributed by atoms with Gasteiger partial charge < -0.3 is 15.7 Å². The highest BCUT2D eigenvalue weighted by Gasteiger charge is 2.36. The lowest BCUT2D eigenvalue weighted by Gasteiger charge is -2.32. The fraction of sp³-hybridized carbons (Fsp3) is 0.846. The number of hydrogen-bond acceptors (Lipinski definition) is 3. The first-order valence-corrected chi connectivity index (χ1v) is 7.17. The zero-order chi connectivity index (χ0) is 13.7. The number of aliphatic carboxylic acids is 1. The molecule has 0 saturated carbocycles. The summed E-state index contributed by atoms with van der Waals surface area (Å²) in [7, 11) is 0. The van der Waals surface area contributed by atoms with Gasteiger partial charge in [0, 0.05) is 31.6 Å². The van der Waals surface area contributed by atoms with Crippen molar-refractivity contribution in [2.45, 2.75) is 50.6 Å². The highest BCUT2D eigenvalue weighted by molar-refractivity contribution is 5.74. The fourth-order valence-electron chi connectivity index (χ4n) is 3.08. The molecule has 0 spiro atoms. The Balaban J connectivity index is 1.66. The van der Waals surface area contributed by atoms with Gasteiger partial charge in [-0.05, 0) is 32.2 Å². The van der Waals surface area contributed by atoms with Gasteiger partial charge in [0.15, 0.2) is 0 Å². The van der Waals surface area contributed by atoms with E-state index in [9.17, 15) is 9.59 Å². The molecule has 0 aromatic heterocycles. The highest BCUT2D eigenvalue weighted by Crippen LogP contribution is 2.26. The Hall–Kier alpha value is -1.30. The van der Waals surface area contributed by atoms with Crippen LogP contribution in [0.15, 0.2) is 0 Å². The maximum absolute atomic E-state index is 11.7. The summed E-state index contributed by atoms with van der Waals surface area (Å²) < 4.78 is 0. The van der Waals surface area contributed by atoms with Gasteiger partial charge >= 0.3 is 12.0 Å². The number of urea groups is 1. The van der Waals surface area contributed by atoms with Gasteiger partial charge in [-0.2, -0.15) is 0 Å². The van der Waals surface area contributed by atoms with Crippen LogP contribution >= 0.6 is 0 Å². The van der Waals surface area contributed by atoms with Gasteiger partial charge in [0.1, 0.15) is 0 Å². The highest BCUT2D eigenvalue weighted by atomic mass is 16.4. The Morgan fingerprint density at radius 1 is 1.21 bits per heavy atom. The average molecular weight is 269 g/mol. The summed E-state index contributed by atoms with van der Waals surface area (Å²) in [6.45, 7) is 2.65. The molecule has 2 atom stereocenters. The zero-order valence-corrected chi connectivity index (χ0v) is 11.2. The van der Waals surface area contributed by atoms with Gasteiger partial charge in [-0.3, -0.25) is 9.69 Å². The monoisotopic (exact) mass is 269 g/mol. The molecule has 2 rings (SSSR count). The van der Waals surface area contributed by atoms with E-state index in [2.05, 4.69) is 15.5 Å². The first kappa shape index (κ1) is 14.1. The van der Waals surface area contributed by atoms with Crippen LogP contribution in [-0.2, 0) is 4.79 Å². The van der Waals surface area contributed by atoms with E-state index < -0.39 is 5.97 Å². The summed E-state index contributed by atoms with van der Waals surface area (Å²) in [5, 5.41) is 14.3. The molecule has 3 N–H and O–H groups in total. The van der Waals surface area contributed by atoms with Crippen molar-refractivity contribution in [1.29, 1.82) is 0 Å². The van der Waals surface area contributed by atoms with Crippen molar-refractivity contribution in [3.8, 4) is 0 Å². The van der Waals surface area contributed by atoms with Crippen LogP contribution in [0, 0.1) is 0 Å². The van der Waals surface area contributed by atoms with Crippen LogP contribution in [0.2, 0.25) is 0 Å². The van der Waals surface area contributed by atoms with Crippen molar-refractivity contribution in [3.05, 3.63) is 0 Å². The first-order valence-electron chi connectivity index (χ1n) is 7.17. The van der Waals surface area contributed by atoms with E-state index >= 15 is 0 Å². The molecule has 2 heterocycles. The molecule has 2 aliphatic rings. The Kier molecular flexibility index (Phi) is 5.01. The summed E-state index contributed by atoms with van der Waals surface area (Å²) in [5.41, 5.74) is 0. The largest absolute Gasteiger partial charge is 0.481 e. The van der Waals surface area contributed by atoms with Crippen molar-refractivity contribution < 1.29 is 14.7 Å². The van der Waals surface area contributed by atoms with E-state index in [1.54, 1.807) is 0 Å². The van der Waals surface area contributed by atoms with Crippen molar-refractivity contribution in [2.75, 3.05) is 19.6 Å². The topological polar surface area (TPSA) is 81.7 Å². The number of carboxylic acids is 1. The van der Waals surface area contributed by atoms with Crippen LogP contribution in [0.5, 0.6) is 0 Å². The van der Waals surface area contributed by atoms with Crippen LogP contribution in [0.4, 0.5) is 4.79 Å². The van der Waals surface area contributed by atoms with E-state index in [0.29, 0.717) is 19.0 Å². The van der Waals surface area contributed by atoms with Gasteiger partial charge in [-0.15, -0.1) is 0 Å². The number of hydrogen-bond donors (Lipinski definition) is 3.